The number of carbonyl (C=O) groups is 1. The van der Waals surface area contributed by atoms with E-state index in [9.17, 15) is 4.79 Å². The molecule has 1 saturated carbocycles. The molecule has 2 aliphatic rings. The predicted octanol–water partition coefficient (Wildman–Crippen LogP) is 1.73. The molecular formula is C15H21BN2O3. The van der Waals surface area contributed by atoms with Crippen molar-refractivity contribution in [2.45, 2.75) is 51.7 Å². The van der Waals surface area contributed by atoms with Crippen molar-refractivity contribution in [1.29, 1.82) is 0 Å². The molecule has 0 bridgehead atoms. The Bertz CT molecular complexity index is 554. The molecule has 21 heavy (non-hydrogen) atoms. The van der Waals surface area contributed by atoms with Crippen molar-refractivity contribution in [2.75, 3.05) is 5.32 Å². The van der Waals surface area contributed by atoms with Crippen LogP contribution in [0.25, 0.3) is 0 Å². The number of nitrogens with zero attached hydrogens (tertiary/aromatic N) is 1. The molecule has 2 fully saturated rings. The largest absolute Gasteiger partial charge is 0.514 e. The molecule has 0 radical (unpaired) electrons. The van der Waals surface area contributed by atoms with Gasteiger partial charge in [0.2, 0.25) is 5.91 Å². The van der Waals surface area contributed by atoms with Gasteiger partial charge in [0.05, 0.1) is 16.8 Å². The number of pyridine rings is 1. The average molecular weight is 288 g/mol. The zero-order chi connectivity index (χ0) is 15.3. The molecular weight excluding hydrogens is 267 g/mol. The second-order valence-corrected chi connectivity index (χ2v) is 6.82. The predicted molar refractivity (Wildman–Crippen MR) is 81.3 cm³/mol. The summed E-state index contributed by atoms with van der Waals surface area (Å²) in [6, 6.07) is 3.61. The van der Waals surface area contributed by atoms with Gasteiger partial charge in [0, 0.05) is 17.8 Å². The fourth-order valence-electron chi connectivity index (χ4n) is 2.21. The second-order valence-electron chi connectivity index (χ2n) is 6.82. The minimum absolute atomic E-state index is 0.0843. The standard InChI is InChI=1S/C15H21BN2O3/c1-14(2)15(3,4)21-16(20-14)12-9-11(7-8-17-12)18-13(19)10-5-6-10/h7-10H,5-6H2,1-4H3,(H,17,18,19). The summed E-state index contributed by atoms with van der Waals surface area (Å²) < 4.78 is 11.9. The van der Waals surface area contributed by atoms with E-state index in [1.807, 2.05) is 33.8 Å². The van der Waals surface area contributed by atoms with Crippen molar-refractivity contribution in [2.24, 2.45) is 5.92 Å². The van der Waals surface area contributed by atoms with Crippen LogP contribution in [0.2, 0.25) is 0 Å². The van der Waals surface area contributed by atoms with Gasteiger partial charge in [-0.25, -0.2) is 0 Å². The number of anilines is 1. The maximum absolute atomic E-state index is 11.8. The maximum atomic E-state index is 11.8. The zero-order valence-electron chi connectivity index (χ0n) is 13.0. The molecule has 0 unspecified atom stereocenters. The summed E-state index contributed by atoms with van der Waals surface area (Å²) in [6.07, 6.45) is 3.64. The van der Waals surface area contributed by atoms with Crippen LogP contribution in [0.4, 0.5) is 5.69 Å². The summed E-state index contributed by atoms with van der Waals surface area (Å²) in [5.41, 5.74) is 0.632. The summed E-state index contributed by atoms with van der Waals surface area (Å²) in [5.74, 6) is 0.263. The lowest BCUT2D eigenvalue weighted by atomic mass is 9.84. The number of nitrogens with one attached hydrogen (secondary N) is 1. The van der Waals surface area contributed by atoms with Gasteiger partial charge in [-0.05, 0) is 52.7 Å². The molecule has 2 heterocycles. The van der Waals surface area contributed by atoms with Crippen molar-refractivity contribution < 1.29 is 14.1 Å². The molecule has 3 rings (SSSR count). The summed E-state index contributed by atoms with van der Waals surface area (Å²) in [4.78, 5) is 16.1. The Morgan fingerprint density at radius 2 is 1.90 bits per heavy atom. The van der Waals surface area contributed by atoms with Gasteiger partial charge in [-0.15, -0.1) is 0 Å². The summed E-state index contributed by atoms with van der Waals surface area (Å²) in [6.45, 7) is 8.02. The second kappa shape index (κ2) is 4.82. The normalized spacial score (nSPS) is 23.1. The number of rotatable bonds is 3. The molecule has 112 valence electrons. The number of amides is 1. The Labute approximate surface area is 125 Å². The molecule has 1 aromatic rings. The van der Waals surface area contributed by atoms with Crippen LogP contribution in [0, 0.1) is 5.92 Å². The molecule has 1 aliphatic carbocycles. The van der Waals surface area contributed by atoms with Crippen LogP contribution in [0.3, 0.4) is 0 Å². The minimum atomic E-state index is -0.507. The minimum Gasteiger partial charge on any atom is -0.398 e. The van der Waals surface area contributed by atoms with Gasteiger partial charge >= 0.3 is 7.12 Å². The van der Waals surface area contributed by atoms with Gasteiger partial charge in [-0.1, -0.05) is 0 Å². The Kier molecular flexibility index (Phi) is 3.33. The Balaban J connectivity index is 1.76. The highest BCUT2D eigenvalue weighted by Gasteiger charge is 2.52. The topological polar surface area (TPSA) is 60.5 Å². The molecule has 1 aromatic heterocycles. The third kappa shape index (κ3) is 2.83. The summed E-state index contributed by atoms with van der Waals surface area (Å²) in [7, 11) is -0.507. The van der Waals surface area contributed by atoms with Crippen LogP contribution in [0.1, 0.15) is 40.5 Å². The highest BCUT2D eigenvalue weighted by atomic mass is 16.7. The molecule has 0 spiro atoms. The highest BCUT2D eigenvalue weighted by Crippen LogP contribution is 2.36. The first-order chi connectivity index (χ1) is 9.78. The molecule has 6 heteroatoms. The lowest BCUT2D eigenvalue weighted by Gasteiger charge is -2.32. The van der Waals surface area contributed by atoms with Gasteiger partial charge < -0.3 is 14.6 Å². The lowest BCUT2D eigenvalue weighted by molar-refractivity contribution is -0.117. The fraction of sp³-hybridized carbons (Fsp3) is 0.600. The van der Waals surface area contributed by atoms with Crippen molar-refractivity contribution in [1.82, 2.24) is 4.98 Å². The quantitative estimate of drug-likeness (QED) is 0.860. The fourth-order valence-corrected chi connectivity index (χ4v) is 2.21. The van der Waals surface area contributed by atoms with Crippen LogP contribution in [0.15, 0.2) is 18.3 Å². The van der Waals surface area contributed by atoms with Crippen LogP contribution in [-0.2, 0) is 14.1 Å². The number of hydrogen-bond acceptors (Lipinski definition) is 4. The van der Waals surface area contributed by atoms with Crippen molar-refractivity contribution >= 4 is 24.3 Å². The molecule has 5 nitrogen and oxygen atoms in total. The first kappa shape index (κ1) is 14.5. The van der Waals surface area contributed by atoms with Gasteiger partial charge in [0.1, 0.15) is 0 Å². The zero-order valence-corrected chi connectivity index (χ0v) is 13.0. The lowest BCUT2D eigenvalue weighted by Crippen LogP contribution is -2.41. The molecule has 1 saturated heterocycles. The number of hydrogen-bond donors (Lipinski definition) is 1. The van der Waals surface area contributed by atoms with Crippen LogP contribution < -0.4 is 10.9 Å². The van der Waals surface area contributed by atoms with Gasteiger partial charge in [0.25, 0.3) is 0 Å². The van der Waals surface area contributed by atoms with Crippen molar-refractivity contribution in [3.05, 3.63) is 18.3 Å². The molecule has 0 aromatic carbocycles. The third-order valence-corrected chi connectivity index (χ3v) is 4.49. The van der Waals surface area contributed by atoms with Crippen molar-refractivity contribution in [3.8, 4) is 0 Å². The maximum Gasteiger partial charge on any atom is 0.514 e. The van der Waals surface area contributed by atoms with E-state index in [4.69, 9.17) is 9.31 Å². The summed E-state index contributed by atoms with van der Waals surface area (Å²) >= 11 is 0. The molecule has 0 atom stereocenters. The first-order valence-corrected chi connectivity index (χ1v) is 7.41. The number of aromatic nitrogens is 1. The van der Waals surface area contributed by atoms with E-state index < -0.39 is 18.3 Å². The SMILES string of the molecule is CC1(C)OB(c2cc(NC(=O)C3CC3)ccn2)OC1(C)C. The summed E-state index contributed by atoms with van der Waals surface area (Å²) in [5, 5.41) is 2.92. The van der Waals surface area contributed by atoms with E-state index in [-0.39, 0.29) is 11.8 Å². The Morgan fingerprint density at radius 1 is 1.29 bits per heavy atom. The third-order valence-electron chi connectivity index (χ3n) is 4.49. The van der Waals surface area contributed by atoms with E-state index in [1.165, 1.54) is 0 Å². The van der Waals surface area contributed by atoms with E-state index in [0.29, 0.717) is 5.59 Å². The van der Waals surface area contributed by atoms with Crippen molar-refractivity contribution in [3.63, 3.8) is 0 Å². The van der Waals surface area contributed by atoms with Crippen LogP contribution in [-0.4, -0.2) is 29.2 Å². The Hall–Kier alpha value is -1.40. The molecule has 1 N–H and O–H groups in total. The number of carbonyl (C=O) groups excluding carboxylic acids is 1. The van der Waals surface area contributed by atoms with E-state index in [1.54, 1.807) is 12.3 Å². The average Bonchev–Trinajstić information content (AvgIpc) is 3.18. The highest BCUT2D eigenvalue weighted by molar-refractivity contribution is 6.61. The van der Waals surface area contributed by atoms with Gasteiger partial charge in [0.15, 0.2) is 0 Å². The van der Waals surface area contributed by atoms with Crippen LogP contribution >= 0.6 is 0 Å². The molecule has 1 aliphatic heterocycles. The van der Waals surface area contributed by atoms with E-state index in [2.05, 4.69) is 10.3 Å². The smallest absolute Gasteiger partial charge is 0.398 e. The van der Waals surface area contributed by atoms with Gasteiger partial charge in [-0.3, -0.25) is 9.78 Å². The molecule has 1 amide bonds. The van der Waals surface area contributed by atoms with Crippen LogP contribution in [0.5, 0.6) is 0 Å². The van der Waals surface area contributed by atoms with Gasteiger partial charge in [-0.2, -0.15) is 0 Å². The Morgan fingerprint density at radius 3 is 2.48 bits per heavy atom. The van der Waals surface area contributed by atoms with E-state index in [0.717, 1.165) is 18.5 Å². The first-order valence-electron chi connectivity index (χ1n) is 7.41. The van der Waals surface area contributed by atoms with E-state index >= 15 is 0 Å². The monoisotopic (exact) mass is 288 g/mol.